The quantitative estimate of drug-likeness (QED) is 0.232. The highest BCUT2D eigenvalue weighted by molar-refractivity contribution is 7.99. The summed E-state index contributed by atoms with van der Waals surface area (Å²) in [5.41, 5.74) is 9.99. The summed E-state index contributed by atoms with van der Waals surface area (Å²) in [7, 11) is 0. The van der Waals surface area contributed by atoms with Gasteiger partial charge >= 0.3 is 0 Å². The third-order valence-corrected chi connectivity index (χ3v) is 11.8. The highest BCUT2D eigenvalue weighted by atomic mass is 35.5. The van der Waals surface area contributed by atoms with Crippen LogP contribution in [0.4, 0.5) is 11.6 Å². The molecule has 0 unspecified atom stereocenters. The minimum atomic E-state index is -0.769. The second kappa shape index (κ2) is 11.9. The van der Waals surface area contributed by atoms with Crippen molar-refractivity contribution in [3.05, 3.63) is 92.6 Å². The Hall–Kier alpha value is -4.46. The molecule has 8 rings (SSSR count). The van der Waals surface area contributed by atoms with Crippen molar-refractivity contribution in [1.82, 2.24) is 28.9 Å². The topological polar surface area (TPSA) is 157 Å². The molecule has 12 nitrogen and oxygen atoms in total. The smallest absolute Gasteiger partial charge is 0.270 e. The maximum Gasteiger partial charge on any atom is 0.270 e. The molecule has 1 aromatic carbocycles. The highest BCUT2D eigenvalue weighted by Gasteiger charge is 2.47. The number of hydrogen-bond acceptors (Lipinski definition) is 10. The van der Waals surface area contributed by atoms with Crippen molar-refractivity contribution in [2.45, 2.75) is 67.8 Å². The number of nitrogens with two attached hydrogens (primary N) is 1. The number of aromatic nitrogens is 6. The molecule has 4 N–H and O–H groups in total. The maximum absolute atomic E-state index is 13.3. The number of halogens is 1. The number of imidazole rings is 1. The number of nitrogens with one attached hydrogen (secondary N) is 1. The summed E-state index contributed by atoms with van der Waals surface area (Å²) in [4.78, 5) is 48.7. The molecule has 0 saturated carbocycles. The van der Waals surface area contributed by atoms with Crippen LogP contribution in [0.2, 0.25) is 5.02 Å². The molecule has 2 aliphatic heterocycles. The van der Waals surface area contributed by atoms with Gasteiger partial charge < -0.3 is 21.1 Å². The first-order valence-corrected chi connectivity index (χ1v) is 17.3. The van der Waals surface area contributed by atoms with Gasteiger partial charge in [-0.25, -0.2) is 9.97 Å². The zero-order chi connectivity index (χ0) is 33.2. The second-order valence-corrected chi connectivity index (χ2v) is 14.2. The lowest BCUT2D eigenvalue weighted by Gasteiger charge is -2.42. The van der Waals surface area contributed by atoms with Crippen LogP contribution in [0.3, 0.4) is 0 Å². The van der Waals surface area contributed by atoms with Crippen LogP contribution in [0.25, 0.3) is 5.65 Å². The lowest BCUT2D eigenvalue weighted by atomic mass is 9.73. The van der Waals surface area contributed by atoms with Crippen molar-refractivity contribution in [3.8, 4) is 5.88 Å². The first-order chi connectivity index (χ1) is 23.2. The number of anilines is 2. The first kappa shape index (κ1) is 30.8. The average molecular weight is 684 g/mol. The molecule has 1 fully saturated rings. The van der Waals surface area contributed by atoms with E-state index in [1.165, 1.54) is 21.9 Å². The van der Waals surface area contributed by atoms with Crippen LogP contribution in [0.1, 0.15) is 64.9 Å². The van der Waals surface area contributed by atoms with E-state index >= 15 is 0 Å². The third-order valence-electron chi connectivity index (χ3n) is 10.0. The summed E-state index contributed by atoms with van der Waals surface area (Å²) in [5.74, 6) is -0.0244. The summed E-state index contributed by atoms with van der Waals surface area (Å²) in [5, 5.41) is 13.5. The van der Waals surface area contributed by atoms with E-state index < -0.39 is 22.9 Å². The Morgan fingerprint density at radius 2 is 1.94 bits per heavy atom. The molecule has 3 aliphatic rings. The molecular weight excluding hydrogens is 650 g/mol. The van der Waals surface area contributed by atoms with Gasteiger partial charge in [0.1, 0.15) is 5.82 Å². The molecule has 1 aliphatic carbocycles. The molecule has 5 aromatic rings. The number of aromatic hydroxyl groups is 1. The summed E-state index contributed by atoms with van der Waals surface area (Å²) in [6.45, 7) is 4.06. The number of fused-ring (bicyclic) bond motifs is 3. The van der Waals surface area contributed by atoms with Gasteiger partial charge in [0.25, 0.3) is 11.5 Å². The fourth-order valence-corrected chi connectivity index (χ4v) is 8.72. The van der Waals surface area contributed by atoms with E-state index in [0.717, 1.165) is 73.1 Å². The van der Waals surface area contributed by atoms with Crippen LogP contribution in [0.15, 0.2) is 63.5 Å². The lowest BCUT2D eigenvalue weighted by molar-refractivity contribution is 0.102. The lowest BCUT2D eigenvalue weighted by Crippen LogP contribution is -2.45. The molecule has 1 amide bonds. The van der Waals surface area contributed by atoms with Crippen molar-refractivity contribution in [2.24, 2.45) is 11.1 Å². The summed E-state index contributed by atoms with van der Waals surface area (Å²) in [6.07, 6.45) is 10.6. The van der Waals surface area contributed by atoms with E-state index in [1.54, 1.807) is 18.3 Å². The summed E-state index contributed by atoms with van der Waals surface area (Å²) < 4.78 is 3.47. The number of piperidine rings is 1. The maximum atomic E-state index is 13.3. The number of carbonyl (C=O) groups is 1. The van der Waals surface area contributed by atoms with Gasteiger partial charge in [-0.15, -0.1) is 0 Å². The number of amides is 1. The van der Waals surface area contributed by atoms with Crippen molar-refractivity contribution in [2.75, 3.05) is 23.3 Å². The number of benzene rings is 1. The number of carbonyl (C=O) groups excluding carboxylic acids is 1. The summed E-state index contributed by atoms with van der Waals surface area (Å²) in [6, 6.07) is 9.33. The molecule has 1 saturated heterocycles. The highest BCUT2D eigenvalue weighted by Crippen LogP contribution is 2.50. The molecule has 48 heavy (non-hydrogen) atoms. The zero-order valence-corrected chi connectivity index (χ0v) is 27.9. The average Bonchev–Trinajstić information content (AvgIpc) is 3.67. The molecular formula is C34H34ClN9O3S. The minimum Gasteiger partial charge on any atom is -0.493 e. The first-order valence-electron chi connectivity index (χ1n) is 16.1. The predicted molar refractivity (Wildman–Crippen MR) is 183 cm³/mol. The largest absolute Gasteiger partial charge is 0.493 e. The van der Waals surface area contributed by atoms with Crippen molar-refractivity contribution < 1.29 is 9.90 Å². The van der Waals surface area contributed by atoms with E-state index in [2.05, 4.69) is 26.3 Å². The molecule has 1 spiro atoms. The predicted octanol–water partition coefficient (Wildman–Crippen LogP) is 4.93. The minimum absolute atomic E-state index is 0.00647. The van der Waals surface area contributed by atoms with E-state index in [9.17, 15) is 14.7 Å². The fraction of sp³-hybridized carbons (Fsp3) is 0.353. The van der Waals surface area contributed by atoms with Gasteiger partial charge in [-0.1, -0.05) is 35.5 Å². The zero-order valence-electron chi connectivity index (χ0n) is 26.3. The monoisotopic (exact) mass is 683 g/mol. The Morgan fingerprint density at radius 3 is 2.75 bits per heavy atom. The molecule has 6 heterocycles. The van der Waals surface area contributed by atoms with Crippen LogP contribution in [0.5, 0.6) is 5.88 Å². The standard InChI is InChI=1S/C34H34ClN9O3S/c1-19-27(48-23-8-4-7-21(26(23)35)40-30(45)25-31(46)41-24-9-2-3-14-43(24)32(25)47)29-38-13-17-44(29)33(39-19)42-15-10-34(11-16-42)18-22-20(28(34)36)6-5-12-37-22/h4-8,12-13,17,28,46H,2-3,9-11,14-16,18,36H2,1H3,(H,40,45)/t28-/m1/s1. The number of hydrogen-bond donors (Lipinski definition) is 3. The molecule has 0 bridgehead atoms. The number of nitrogens with zero attached hydrogens (tertiary/aromatic N) is 7. The SMILES string of the molecule is Cc1nc(N2CCC3(CC2)Cc2ncccc2[C@H]3N)n2ccnc2c1Sc1cccc(NC(=O)c2c(O)nc3n(c2=O)CCCC3)c1Cl. The van der Waals surface area contributed by atoms with Gasteiger partial charge in [-0.3, -0.25) is 23.5 Å². The molecule has 0 radical (unpaired) electrons. The molecule has 4 aromatic heterocycles. The van der Waals surface area contributed by atoms with Gasteiger partial charge in [-0.2, -0.15) is 4.98 Å². The number of pyridine rings is 1. The number of rotatable bonds is 5. The number of aryl methyl sites for hydroxylation is 2. The third kappa shape index (κ3) is 5.03. The van der Waals surface area contributed by atoms with E-state index in [1.807, 2.05) is 35.9 Å². The Morgan fingerprint density at radius 1 is 1.10 bits per heavy atom. The summed E-state index contributed by atoms with van der Waals surface area (Å²) >= 11 is 8.25. The second-order valence-electron chi connectivity index (χ2n) is 12.8. The Kier molecular flexibility index (Phi) is 7.65. The van der Waals surface area contributed by atoms with Crippen molar-refractivity contribution in [1.29, 1.82) is 0 Å². The molecule has 14 heteroatoms. The van der Waals surface area contributed by atoms with Crippen LogP contribution in [-0.2, 0) is 19.4 Å². The van der Waals surface area contributed by atoms with E-state index in [0.29, 0.717) is 34.4 Å². The van der Waals surface area contributed by atoms with E-state index in [4.69, 9.17) is 27.3 Å². The van der Waals surface area contributed by atoms with Gasteiger partial charge in [0, 0.05) is 61.3 Å². The van der Waals surface area contributed by atoms with Crippen molar-refractivity contribution in [3.63, 3.8) is 0 Å². The Bertz CT molecular complexity index is 2160. The molecule has 1 atom stereocenters. The normalized spacial score (nSPS) is 18.2. The molecule has 246 valence electrons. The Balaban J connectivity index is 1.03. The van der Waals surface area contributed by atoms with Gasteiger partial charge in [0.15, 0.2) is 11.2 Å². The van der Waals surface area contributed by atoms with Gasteiger partial charge in [0.2, 0.25) is 11.8 Å². The van der Waals surface area contributed by atoms with Crippen LogP contribution in [0, 0.1) is 12.3 Å². The van der Waals surface area contributed by atoms with Crippen LogP contribution in [-0.4, -0.2) is 53.0 Å². The fourth-order valence-electron chi connectivity index (χ4n) is 7.43. The van der Waals surface area contributed by atoms with E-state index in [-0.39, 0.29) is 11.5 Å². The van der Waals surface area contributed by atoms with Gasteiger partial charge in [-0.05, 0) is 68.2 Å². The van der Waals surface area contributed by atoms with Crippen LogP contribution >= 0.6 is 23.4 Å². The van der Waals surface area contributed by atoms with Crippen LogP contribution < -0.4 is 21.5 Å². The Labute approximate surface area is 285 Å². The van der Waals surface area contributed by atoms with Gasteiger partial charge in [0.05, 0.1) is 21.3 Å². The van der Waals surface area contributed by atoms with Crippen molar-refractivity contribution >= 4 is 46.6 Å².